The van der Waals surface area contributed by atoms with Gasteiger partial charge in [0, 0.05) is 31.1 Å². The third kappa shape index (κ3) is 3.60. The van der Waals surface area contributed by atoms with E-state index in [4.69, 9.17) is 0 Å². The number of hydrogen-bond donors (Lipinski definition) is 1. The lowest BCUT2D eigenvalue weighted by molar-refractivity contribution is 0.0690. The van der Waals surface area contributed by atoms with Gasteiger partial charge in [-0.15, -0.1) is 11.8 Å². The first-order valence-corrected chi connectivity index (χ1v) is 7.72. The second kappa shape index (κ2) is 6.71. The van der Waals surface area contributed by atoms with Crippen LogP contribution in [0, 0.1) is 6.92 Å². The molecule has 2 aromatic rings. The van der Waals surface area contributed by atoms with Crippen molar-refractivity contribution < 1.29 is 9.90 Å². The number of thioether (sulfide) groups is 1. The topological polar surface area (TPSA) is 80.9 Å². The fraction of sp³-hybridized carbons (Fsp3) is 0.429. The van der Waals surface area contributed by atoms with Gasteiger partial charge in [-0.25, -0.2) is 14.8 Å². The molecule has 2 rings (SSSR count). The van der Waals surface area contributed by atoms with Gasteiger partial charge in [0.15, 0.2) is 0 Å². The second-order valence-corrected chi connectivity index (χ2v) is 5.69. The van der Waals surface area contributed by atoms with E-state index >= 15 is 0 Å². The number of nitrogens with zero attached hydrogens (tertiary/aromatic N) is 4. The van der Waals surface area contributed by atoms with Crippen LogP contribution in [0.15, 0.2) is 17.3 Å². The predicted octanol–water partition coefficient (Wildman–Crippen LogP) is 2.11. The van der Waals surface area contributed by atoms with Crippen molar-refractivity contribution in [3.05, 3.63) is 35.0 Å². The first kappa shape index (κ1) is 15.5. The standard InChI is InChI=1S/C14H18N4O2S/c1-4-11-16-9(2)12(14(19)20)13(17-11)21-8-6-10-5-7-15-18(10)3/h5,7H,4,6,8H2,1-3H3,(H,19,20). The van der Waals surface area contributed by atoms with Crippen molar-refractivity contribution in [1.29, 1.82) is 0 Å². The summed E-state index contributed by atoms with van der Waals surface area (Å²) in [6.45, 7) is 3.68. The molecule has 2 aromatic heterocycles. The molecule has 0 saturated heterocycles. The Kier molecular flexibility index (Phi) is 4.95. The highest BCUT2D eigenvalue weighted by atomic mass is 32.2. The maximum Gasteiger partial charge on any atom is 0.340 e. The van der Waals surface area contributed by atoms with Gasteiger partial charge in [-0.3, -0.25) is 4.68 Å². The van der Waals surface area contributed by atoms with Gasteiger partial charge in [-0.2, -0.15) is 5.10 Å². The van der Waals surface area contributed by atoms with E-state index < -0.39 is 5.97 Å². The Bertz CT molecular complexity index is 654. The number of hydrogen-bond acceptors (Lipinski definition) is 5. The molecule has 0 unspecified atom stereocenters. The van der Waals surface area contributed by atoms with Gasteiger partial charge in [0.2, 0.25) is 0 Å². The van der Waals surface area contributed by atoms with Gasteiger partial charge >= 0.3 is 5.97 Å². The number of carboxylic acid groups (broad SMARTS) is 1. The number of carbonyl (C=O) groups is 1. The fourth-order valence-corrected chi connectivity index (χ4v) is 3.06. The van der Waals surface area contributed by atoms with Gasteiger partial charge in [0.1, 0.15) is 16.4 Å². The summed E-state index contributed by atoms with van der Waals surface area (Å²) in [6, 6.07) is 1.96. The monoisotopic (exact) mass is 306 g/mol. The molecular formula is C14H18N4O2S. The molecule has 112 valence electrons. The van der Waals surface area contributed by atoms with Crippen LogP contribution in [-0.2, 0) is 19.9 Å². The third-order valence-electron chi connectivity index (χ3n) is 3.15. The zero-order chi connectivity index (χ0) is 15.4. The Hall–Kier alpha value is -1.89. The predicted molar refractivity (Wildman–Crippen MR) is 80.7 cm³/mol. The van der Waals surface area contributed by atoms with Crippen LogP contribution in [-0.4, -0.2) is 36.6 Å². The maximum atomic E-state index is 11.4. The molecule has 7 heteroatoms. The zero-order valence-corrected chi connectivity index (χ0v) is 13.1. The largest absolute Gasteiger partial charge is 0.478 e. The van der Waals surface area contributed by atoms with Gasteiger partial charge in [0.25, 0.3) is 0 Å². The number of rotatable bonds is 6. The highest BCUT2D eigenvalue weighted by Gasteiger charge is 2.18. The average molecular weight is 306 g/mol. The van der Waals surface area contributed by atoms with Crippen molar-refractivity contribution in [3.8, 4) is 0 Å². The van der Waals surface area contributed by atoms with Crippen LogP contribution in [0.2, 0.25) is 0 Å². The minimum Gasteiger partial charge on any atom is -0.478 e. The molecule has 0 amide bonds. The first-order chi connectivity index (χ1) is 10.0. The Morgan fingerprint density at radius 2 is 2.19 bits per heavy atom. The Morgan fingerprint density at radius 3 is 2.76 bits per heavy atom. The fourth-order valence-electron chi connectivity index (χ4n) is 2.01. The van der Waals surface area contributed by atoms with E-state index in [0.717, 1.165) is 17.9 Å². The molecule has 0 aliphatic heterocycles. The molecular weight excluding hydrogens is 288 g/mol. The van der Waals surface area contributed by atoms with Crippen molar-refractivity contribution >= 4 is 17.7 Å². The summed E-state index contributed by atoms with van der Waals surface area (Å²) in [5.41, 5.74) is 1.85. The highest BCUT2D eigenvalue weighted by molar-refractivity contribution is 7.99. The molecule has 0 bridgehead atoms. The summed E-state index contributed by atoms with van der Waals surface area (Å²) in [7, 11) is 1.90. The van der Waals surface area contributed by atoms with Crippen LogP contribution in [0.5, 0.6) is 0 Å². The maximum absolute atomic E-state index is 11.4. The smallest absolute Gasteiger partial charge is 0.340 e. The van der Waals surface area contributed by atoms with E-state index in [-0.39, 0.29) is 5.56 Å². The van der Waals surface area contributed by atoms with Crippen molar-refractivity contribution in [1.82, 2.24) is 19.7 Å². The number of aryl methyl sites for hydroxylation is 4. The summed E-state index contributed by atoms with van der Waals surface area (Å²) in [5.74, 6) is 0.457. The molecule has 0 spiro atoms. The minimum absolute atomic E-state index is 0.210. The molecule has 0 radical (unpaired) electrons. The van der Waals surface area contributed by atoms with E-state index in [0.29, 0.717) is 23.0 Å². The summed E-state index contributed by atoms with van der Waals surface area (Å²) >= 11 is 1.45. The van der Waals surface area contributed by atoms with Gasteiger partial charge < -0.3 is 5.11 Å². The third-order valence-corrected chi connectivity index (χ3v) is 4.13. The molecule has 0 aliphatic rings. The molecule has 0 fully saturated rings. The van der Waals surface area contributed by atoms with E-state index in [1.807, 2.05) is 24.7 Å². The van der Waals surface area contributed by atoms with Crippen molar-refractivity contribution in [2.75, 3.05) is 5.75 Å². The van der Waals surface area contributed by atoms with Gasteiger partial charge in [-0.05, 0) is 19.4 Å². The number of aromatic nitrogens is 4. The van der Waals surface area contributed by atoms with Crippen LogP contribution in [0.1, 0.15) is 34.5 Å². The molecule has 21 heavy (non-hydrogen) atoms. The molecule has 6 nitrogen and oxygen atoms in total. The zero-order valence-electron chi connectivity index (χ0n) is 12.3. The Balaban J connectivity index is 2.16. The van der Waals surface area contributed by atoms with E-state index in [1.54, 1.807) is 13.1 Å². The van der Waals surface area contributed by atoms with Crippen molar-refractivity contribution in [2.24, 2.45) is 7.05 Å². The van der Waals surface area contributed by atoms with Crippen molar-refractivity contribution in [3.63, 3.8) is 0 Å². The Labute approximate surface area is 127 Å². The summed E-state index contributed by atoms with van der Waals surface area (Å²) in [6.07, 6.45) is 3.26. The molecule has 0 aromatic carbocycles. The molecule has 0 aliphatic carbocycles. The molecule has 1 N–H and O–H groups in total. The van der Waals surface area contributed by atoms with Crippen LogP contribution >= 0.6 is 11.8 Å². The van der Waals surface area contributed by atoms with E-state index in [2.05, 4.69) is 15.1 Å². The number of aromatic carboxylic acids is 1. The van der Waals surface area contributed by atoms with Gasteiger partial charge in [-0.1, -0.05) is 6.92 Å². The normalized spacial score (nSPS) is 10.8. The average Bonchev–Trinajstić information content (AvgIpc) is 2.83. The van der Waals surface area contributed by atoms with Crippen LogP contribution < -0.4 is 0 Å². The minimum atomic E-state index is -0.974. The quantitative estimate of drug-likeness (QED) is 0.650. The lowest BCUT2D eigenvalue weighted by Crippen LogP contribution is -2.10. The highest BCUT2D eigenvalue weighted by Crippen LogP contribution is 2.24. The first-order valence-electron chi connectivity index (χ1n) is 6.73. The van der Waals surface area contributed by atoms with E-state index in [9.17, 15) is 9.90 Å². The second-order valence-electron chi connectivity index (χ2n) is 4.61. The van der Waals surface area contributed by atoms with Gasteiger partial charge in [0.05, 0.1) is 5.69 Å². The molecule has 0 atom stereocenters. The van der Waals surface area contributed by atoms with E-state index in [1.165, 1.54) is 11.8 Å². The summed E-state index contributed by atoms with van der Waals surface area (Å²) < 4.78 is 1.82. The van der Waals surface area contributed by atoms with Crippen molar-refractivity contribution in [2.45, 2.75) is 31.7 Å². The summed E-state index contributed by atoms with van der Waals surface area (Å²) in [4.78, 5) is 20.0. The van der Waals surface area contributed by atoms with Crippen LogP contribution in [0.4, 0.5) is 0 Å². The molecule has 2 heterocycles. The number of carboxylic acids is 1. The molecule has 0 saturated carbocycles. The Morgan fingerprint density at radius 1 is 1.43 bits per heavy atom. The van der Waals surface area contributed by atoms with Crippen LogP contribution in [0.25, 0.3) is 0 Å². The lowest BCUT2D eigenvalue weighted by Gasteiger charge is -2.09. The lowest BCUT2D eigenvalue weighted by atomic mass is 10.2. The summed E-state index contributed by atoms with van der Waals surface area (Å²) in [5, 5.41) is 14.0. The SMILES string of the molecule is CCc1nc(C)c(C(=O)O)c(SCCc2ccnn2C)n1. The van der Waals surface area contributed by atoms with Crippen LogP contribution in [0.3, 0.4) is 0 Å².